The van der Waals surface area contributed by atoms with Crippen molar-refractivity contribution in [2.75, 3.05) is 0 Å². The van der Waals surface area contributed by atoms with Crippen LogP contribution in [0.1, 0.15) is 0 Å². The zero-order chi connectivity index (χ0) is 15.4. The van der Waals surface area contributed by atoms with Crippen molar-refractivity contribution >= 4 is 21.8 Å². The van der Waals surface area contributed by atoms with Crippen molar-refractivity contribution in [1.29, 1.82) is 0 Å². The van der Waals surface area contributed by atoms with Crippen molar-refractivity contribution in [3.63, 3.8) is 0 Å². The van der Waals surface area contributed by atoms with Crippen LogP contribution in [0.2, 0.25) is 0 Å². The summed E-state index contributed by atoms with van der Waals surface area (Å²) >= 11 is 1.06. The summed E-state index contributed by atoms with van der Waals surface area (Å²) < 4.78 is 8.19. The molecule has 12 heteroatoms. The van der Waals surface area contributed by atoms with E-state index < -0.39 is 0 Å². The number of pyridine rings is 2. The number of fused-ring (bicyclic) bond motifs is 3. The number of rotatable bonds is 0. The van der Waals surface area contributed by atoms with Gasteiger partial charge in [0, 0.05) is 23.2 Å². The minimum atomic E-state index is 0. The van der Waals surface area contributed by atoms with Gasteiger partial charge in [-0.15, -0.1) is 0 Å². The van der Waals surface area contributed by atoms with Gasteiger partial charge in [0.15, 0.2) is 0 Å². The van der Waals surface area contributed by atoms with Gasteiger partial charge in [-0.05, 0) is 12.1 Å². The van der Waals surface area contributed by atoms with Crippen molar-refractivity contribution in [2.45, 2.75) is 0 Å². The molecule has 2 aromatic heterocycles. The third-order valence-corrected chi connectivity index (χ3v) is 2.34. The molecular weight excluding hydrogens is 390 g/mol. The maximum atomic E-state index is 8.19. The van der Waals surface area contributed by atoms with Crippen LogP contribution in [0.25, 0.3) is 21.8 Å². The summed E-state index contributed by atoms with van der Waals surface area (Å²) in [5.74, 6) is 0. The molecule has 0 aliphatic heterocycles. The van der Waals surface area contributed by atoms with Gasteiger partial charge in [-0.1, -0.05) is 24.3 Å². The first kappa shape index (κ1) is 35.0. The van der Waals surface area contributed by atoms with E-state index >= 15 is 0 Å². The van der Waals surface area contributed by atoms with Crippen LogP contribution < -0.4 is 56.6 Å². The Morgan fingerprint density at radius 3 is 1.33 bits per heavy atom. The molecule has 0 saturated carbocycles. The fraction of sp³-hybridized carbons (Fsp3) is 0. The number of hydrogen-bond donors (Lipinski definition) is 3. The molecule has 3 aromatic rings. The predicted octanol–water partition coefficient (Wildman–Crippen LogP) is -3.97. The van der Waals surface area contributed by atoms with Gasteiger partial charge in [0.2, 0.25) is 0 Å². The Balaban J connectivity index is -0.000000110. The van der Waals surface area contributed by atoms with E-state index in [0.29, 0.717) is 0 Å². The van der Waals surface area contributed by atoms with Gasteiger partial charge in [-0.2, -0.15) is 0 Å². The second-order valence-electron chi connectivity index (χ2n) is 3.22. The van der Waals surface area contributed by atoms with Gasteiger partial charge >= 0.3 is 72.4 Å². The molecule has 1 aromatic carbocycles. The molecule has 24 heavy (non-hydrogen) atoms. The first-order valence-electron chi connectivity index (χ1n) is 5.10. The zero-order valence-corrected chi connectivity index (χ0v) is 17.1. The van der Waals surface area contributed by atoms with E-state index in [-0.39, 0.29) is 67.8 Å². The van der Waals surface area contributed by atoms with Crippen LogP contribution in [-0.4, -0.2) is 42.2 Å². The molecule has 0 fully saturated rings. The summed E-state index contributed by atoms with van der Waals surface area (Å²) in [7, 11) is 0. The molecule has 2 heterocycles. The monoisotopic (exact) mass is 407 g/mol. The van der Waals surface area contributed by atoms with Crippen molar-refractivity contribution in [3.8, 4) is 0 Å². The summed E-state index contributed by atoms with van der Waals surface area (Å²) in [6.45, 7) is 0. The summed E-state index contributed by atoms with van der Waals surface area (Å²) in [6, 6.07) is 12.1. The number of nitrogens with zero attached hydrogens (tertiary/aromatic N) is 2. The van der Waals surface area contributed by atoms with Crippen molar-refractivity contribution in [3.05, 3.63) is 48.8 Å². The molecule has 0 amide bonds. The second kappa shape index (κ2) is 22.8. The molecule has 0 saturated heterocycles. The van der Waals surface area contributed by atoms with Gasteiger partial charge in [-0.3, -0.25) is 20.5 Å². The number of benzene rings is 1. The van der Waals surface area contributed by atoms with Gasteiger partial charge in [0.25, 0.3) is 0 Å². The normalized spacial score (nSPS) is 6.96. The Morgan fingerprint density at radius 1 is 0.750 bits per heavy atom. The quantitative estimate of drug-likeness (QED) is 0.145. The average molecular weight is 407 g/mol. The molecule has 10 nitrogen and oxygen atoms in total. The third-order valence-electron chi connectivity index (χ3n) is 2.34. The summed E-state index contributed by atoms with van der Waals surface area (Å²) in [6.07, 6.45) is 3.60. The van der Waals surface area contributed by atoms with Gasteiger partial charge in [-0.25, -0.2) is 0 Å². The van der Waals surface area contributed by atoms with E-state index in [4.69, 9.17) is 24.7 Å². The summed E-state index contributed by atoms with van der Waals surface area (Å²) in [5.41, 5.74) is 1.95. The first-order valence-corrected chi connectivity index (χ1v) is 5.67. The number of aromatic nitrogens is 2. The minimum Gasteiger partial charge on any atom is -0.254 e. The van der Waals surface area contributed by atoms with Gasteiger partial charge in [0.1, 0.15) is 0 Å². The molecule has 0 aliphatic rings. The molecule has 129 valence electrons. The van der Waals surface area contributed by atoms with E-state index in [1.54, 1.807) is 12.4 Å². The van der Waals surface area contributed by atoms with E-state index in [9.17, 15) is 0 Å². The SMILES string of the molecule is O.O.O.OO.[K+].[O-]O.[O]=[V].c1cnc2c(c1)ccc1cccnc12. The van der Waals surface area contributed by atoms with Crippen molar-refractivity contribution in [2.24, 2.45) is 0 Å². The smallest absolute Gasteiger partial charge is 0.0964 e. The largest absolute Gasteiger partial charge is 0.254 e. The molecule has 0 spiro atoms. The minimum absolute atomic E-state index is 0. The van der Waals surface area contributed by atoms with Crippen molar-refractivity contribution in [1.82, 2.24) is 9.97 Å². The van der Waals surface area contributed by atoms with Crippen LogP contribution in [-0.2, 0) is 21.0 Å². The summed E-state index contributed by atoms with van der Waals surface area (Å²) in [5, 5.41) is 27.3. The topological polar surface area (TPSA) is 221 Å². The van der Waals surface area contributed by atoms with Crippen LogP contribution in [0, 0.1) is 0 Å². The Bertz CT molecular complexity index is 595. The van der Waals surface area contributed by atoms with E-state index in [1.165, 1.54) is 0 Å². The standard InChI is InChI=1S/C12H8N2.K.2H2O2.3H2O.O.V/c1-3-9-5-6-10-4-2-8-14-12(10)11(9)13-7-1;;2*1-2;;;;;/h1-8H;;2*1-2H;3*1H2;;/q;+1;;;;;;;/p-1. The van der Waals surface area contributed by atoms with Crippen LogP contribution >= 0.6 is 0 Å². The van der Waals surface area contributed by atoms with E-state index in [2.05, 4.69) is 34.2 Å². The van der Waals surface area contributed by atoms with Gasteiger partial charge in [0.05, 0.1) is 11.0 Å². The first-order chi connectivity index (χ1) is 9.95. The zero-order valence-electron chi connectivity index (χ0n) is 12.6. The van der Waals surface area contributed by atoms with Crippen LogP contribution in [0.3, 0.4) is 0 Å². The average Bonchev–Trinajstić information content (AvgIpc) is 2.60. The Kier molecular flexibility index (Phi) is 33.2. The fourth-order valence-electron chi connectivity index (χ4n) is 1.68. The molecule has 0 bridgehead atoms. The third kappa shape index (κ3) is 9.93. The molecule has 0 aliphatic carbocycles. The summed E-state index contributed by atoms with van der Waals surface area (Å²) in [4.78, 5) is 8.69. The molecule has 0 unspecified atom stereocenters. The second-order valence-corrected chi connectivity index (χ2v) is 3.22. The van der Waals surface area contributed by atoms with E-state index in [0.717, 1.165) is 39.2 Å². The Morgan fingerprint density at radius 2 is 1.04 bits per heavy atom. The van der Waals surface area contributed by atoms with Gasteiger partial charge < -0.3 is 26.9 Å². The maximum Gasteiger partial charge on any atom is 0.0964 e. The molecule has 0 radical (unpaired) electrons. The van der Waals surface area contributed by atoms with Crippen LogP contribution in [0.15, 0.2) is 48.8 Å². The van der Waals surface area contributed by atoms with Crippen LogP contribution in [0.4, 0.5) is 0 Å². The maximum absolute atomic E-state index is 8.19. The van der Waals surface area contributed by atoms with E-state index in [1.807, 2.05) is 12.1 Å². The Labute approximate surface area is 188 Å². The molecule has 0 atom stereocenters. The van der Waals surface area contributed by atoms with Crippen molar-refractivity contribution < 1.29 is 110 Å². The molecule has 9 N–H and O–H groups in total. The fourth-order valence-corrected chi connectivity index (χ4v) is 1.68. The molecular formula is C12H17KN2O8V. The molecule has 3 rings (SSSR count). The Hall–Kier alpha value is -0.219. The number of hydrogen-bond acceptors (Lipinski definition) is 7. The predicted molar refractivity (Wildman–Crippen MR) is 76.5 cm³/mol. The van der Waals surface area contributed by atoms with Crippen LogP contribution in [0.5, 0.6) is 0 Å².